The first-order valence-corrected chi connectivity index (χ1v) is 5.37. The highest BCUT2D eigenvalue weighted by atomic mass is 19.1. The van der Waals surface area contributed by atoms with E-state index in [2.05, 4.69) is 0 Å². The summed E-state index contributed by atoms with van der Waals surface area (Å²) in [5.74, 6) is -2.11. The fourth-order valence-corrected chi connectivity index (χ4v) is 1.45. The number of carboxylic acids is 1. The molecule has 0 fully saturated rings. The molecule has 0 amide bonds. The van der Waals surface area contributed by atoms with Gasteiger partial charge in [0.25, 0.3) is 0 Å². The van der Waals surface area contributed by atoms with Crippen LogP contribution in [0.1, 0.15) is 20.7 Å². The summed E-state index contributed by atoms with van der Waals surface area (Å²) in [5, 5.41) is 8.72. The number of benzene rings is 2. The second kappa shape index (κ2) is 5.30. The number of esters is 1. The molecule has 2 rings (SSSR count). The maximum Gasteiger partial charge on any atom is 0.343 e. The van der Waals surface area contributed by atoms with Gasteiger partial charge in [0, 0.05) is 0 Å². The van der Waals surface area contributed by atoms with Crippen LogP contribution in [0.4, 0.5) is 4.39 Å². The van der Waals surface area contributed by atoms with Gasteiger partial charge in [-0.2, -0.15) is 0 Å². The van der Waals surface area contributed by atoms with E-state index in [-0.39, 0.29) is 16.9 Å². The number of hydrogen-bond acceptors (Lipinski definition) is 3. The van der Waals surface area contributed by atoms with Crippen LogP contribution in [0.15, 0.2) is 48.5 Å². The third-order valence-corrected chi connectivity index (χ3v) is 2.37. The van der Waals surface area contributed by atoms with Crippen molar-refractivity contribution in [2.75, 3.05) is 0 Å². The lowest BCUT2D eigenvalue weighted by molar-refractivity contribution is 0.0696. The minimum absolute atomic E-state index is 0.0855. The zero-order valence-electron chi connectivity index (χ0n) is 9.67. The van der Waals surface area contributed by atoms with E-state index in [9.17, 15) is 14.0 Å². The molecule has 0 aliphatic carbocycles. The summed E-state index contributed by atoms with van der Waals surface area (Å²) in [7, 11) is 0. The van der Waals surface area contributed by atoms with Crippen LogP contribution in [0.3, 0.4) is 0 Å². The Labute approximate surface area is 108 Å². The lowest BCUT2D eigenvalue weighted by Gasteiger charge is -2.04. The lowest BCUT2D eigenvalue weighted by Crippen LogP contribution is -2.08. The fourth-order valence-electron chi connectivity index (χ4n) is 1.45. The van der Waals surface area contributed by atoms with E-state index in [1.165, 1.54) is 42.5 Å². The second-order valence-electron chi connectivity index (χ2n) is 3.73. The van der Waals surface area contributed by atoms with E-state index < -0.39 is 17.8 Å². The first-order chi connectivity index (χ1) is 9.06. The number of aromatic carboxylic acids is 1. The number of carbonyl (C=O) groups excluding carboxylic acids is 1. The molecule has 2 aromatic carbocycles. The van der Waals surface area contributed by atoms with Gasteiger partial charge in [0.1, 0.15) is 11.6 Å². The number of halogens is 1. The Hall–Kier alpha value is -2.69. The van der Waals surface area contributed by atoms with Crippen molar-refractivity contribution in [3.8, 4) is 5.75 Å². The molecule has 96 valence electrons. The molecule has 0 atom stereocenters. The summed E-state index contributed by atoms with van der Waals surface area (Å²) >= 11 is 0. The highest BCUT2D eigenvalue weighted by molar-refractivity contribution is 5.91. The van der Waals surface area contributed by atoms with Crippen molar-refractivity contribution in [1.29, 1.82) is 0 Å². The molecular weight excluding hydrogens is 251 g/mol. The first-order valence-electron chi connectivity index (χ1n) is 5.37. The van der Waals surface area contributed by atoms with Crippen molar-refractivity contribution in [2.24, 2.45) is 0 Å². The third kappa shape index (κ3) is 3.16. The molecule has 0 unspecified atom stereocenters. The van der Waals surface area contributed by atoms with Crippen molar-refractivity contribution < 1.29 is 23.8 Å². The van der Waals surface area contributed by atoms with E-state index in [1.54, 1.807) is 0 Å². The second-order valence-corrected chi connectivity index (χ2v) is 3.73. The number of ether oxygens (including phenoxy) is 1. The molecular formula is C14H9FO4. The summed E-state index contributed by atoms with van der Waals surface area (Å²) in [6.45, 7) is 0. The van der Waals surface area contributed by atoms with Crippen LogP contribution < -0.4 is 4.74 Å². The topological polar surface area (TPSA) is 63.6 Å². The van der Waals surface area contributed by atoms with Crippen molar-refractivity contribution in [1.82, 2.24) is 0 Å². The number of carbonyl (C=O) groups is 2. The largest absolute Gasteiger partial charge is 0.478 e. The number of carboxylic acid groups (broad SMARTS) is 1. The minimum Gasteiger partial charge on any atom is -0.478 e. The highest BCUT2D eigenvalue weighted by Gasteiger charge is 2.10. The Bertz CT molecular complexity index is 620. The zero-order valence-corrected chi connectivity index (χ0v) is 9.67. The fraction of sp³-hybridized carbons (Fsp3) is 0. The third-order valence-electron chi connectivity index (χ3n) is 2.37. The molecule has 0 bridgehead atoms. The Kier molecular flexibility index (Phi) is 3.56. The van der Waals surface area contributed by atoms with Gasteiger partial charge in [-0.1, -0.05) is 6.07 Å². The van der Waals surface area contributed by atoms with E-state index in [4.69, 9.17) is 9.84 Å². The smallest absolute Gasteiger partial charge is 0.343 e. The van der Waals surface area contributed by atoms with Crippen LogP contribution in [0, 0.1) is 5.82 Å². The molecule has 0 heterocycles. The van der Waals surface area contributed by atoms with Gasteiger partial charge in [-0.05, 0) is 42.5 Å². The molecule has 19 heavy (non-hydrogen) atoms. The molecule has 0 saturated heterocycles. The summed E-state index contributed by atoms with van der Waals surface area (Å²) in [5.41, 5.74) is 0.174. The van der Waals surface area contributed by atoms with Gasteiger partial charge in [0.05, 0.1) is 11.1 Å². The SMILES string of the molecule is O=C(O)c1ccc(OC(=O)c2cccc(F)c2)cc1. The zero-order chi connectivity index (χ0) is 13.8. The predicted octanol–water partition coefficient (Wildman–Crippen LogP) is 2.74. The molecule has 0 aromatic heterocycles. The van der Waals surface area contributed by atoms with Crippen LogP contribution in [0.25, 0.3) is 0 Å². The summed E-state index contributed by atoms with van der Waals surface area (Å²) in [6, 6.07) is 10.5. The number of rotatable bonds is 3. The Morgan fingerprint density at radius 1 is 1.00 bits per heavy atom. The van der Waals surface area contributed by atoms with Gasteiger partial charge < -0.3 is 9.84 Å². The van der Waals surface area contributed by atoms with Gasteiger partial charge >= 0.3 is 11.9 Å². The van der Waals surface area contributed by atoms with Crippen LogP contribution >= 0.6 is 0 Å². The van der Waals surface area contributed by atoms with E-state index in [0.29, 0.717) is 0 Å². The maximum atomic E-state index is 12.9. The average molecular weight is 260 g/mol. The molecule has 0 spiro atoms. The van der Waals surface area contributed by atoms with Crippen molar-refractivity contribution in [3.05, 3.63) is 65.5 Å². The predicted molar refractivity (Wildman–Crippen MR) is 64.8 cm³/mol. The van der Waals surface area contributed by atoms with Gasteiger partial charge in [-0.25, -0.2) is 14.0 Å². The molecule has 4 nitrogen and oxygen atoms in total. The quantitative estimate of drug-likeness (QED) is 0.680. The summed E-state index contributed by atoms with van der Waals surface area (Å²) < 4.78 is 17.9. The maximum absolute atomic E-state index is 12.9. The van der Waals surface area contributed by atoms with Crippen LogP contribution in [0.2, 0.25) is 0 Å². The van der Waals surface area contributed by atoms with Crippen LogP contribution in [-0.4, -0.2) is 17.0 Å². The highest BCUT2D eigenvalue weighted by Crippen LogP contribution is 2.14. The Balaban J connectivity index is 2.13. The summed E-state index contributed by atoms with van der Waals surface area (Å²) in [4.78, 5) is 22.3. The van der Waals surface area contributed by atoms with Crippen LogP contribution in [-0.2, 0) is 0 Å². The summed E-state index contributed by atoms with van der Waals surface area (Å²) in [6.07, 6.45) is 0. The monoisotopic (exact) mass is 260 g/mol. The van der Waals surface area contributed by atoms with Crippen molar-refractivity contribution >= 4 is 11.9 Å². The van der Waals surface area contributed by atoms with Crippen molar-refractivity contribution in [2.45, 2.75) is 0 Å². The molecule has 0 saturated carbocycles. The number of hydrogen-bond donors (Lipinski definition) is 1. The van der Waals surface area contributed by atoms with Crippen molar-refractivity contribution in [3.63, 3.8) is 0 Å². The normalized spacial score (nSPS) is 9.95. The van der Waals surface area contributed by atoms with E-state index in [1.807, 2.05) is 0 Å². The molecule has 0 radical (unpaired) electrons. The Morgan fingerprint density at radius 2 is 1.68 bits per heavy atom. The van der Waals surface area contributed by atoms with Gasteiger partial charge in [0.2, 0.25) is 0 Å². The minimum atomic E-state index is -1.07. The lowest BCUT2D eigenvalue weighted by atomic mass is 10.2. The van der Waals surface area contributed by atoms with Gasteiger partial charge in [-0.3, -0.25) is 0 Å². The standard InChI is InChI=1S/C14H9FO4/c15-11-3-1-2-10(8-11)14(18)19-12-6-4-9(5-7-12)13(16)17/h1-8H,(H,16,17). The molecule has 2 aromatic rings. The van der Waals surface area contributed by atoms with Gasteiger partial charge in [-0.15, -0.1) is 0 Å². The van der Waals surface area contributed by atoms with Gasteiger partial charge in [0.15, 0.2) is 0 Å². The molecule has 0 aliphatic rings. The molecule has 1 N–H and O–H groups in total. The molecule has 5 heteroatoms. The molecule has 0 aliphatic heterocycles. The first kappa shape index (κ1) is 12.8. The van der Waals surface area contributed by atoms with E-state index >= 15 is 0 Å². The Morgan fingerprint density at radius 3 is 2.26 bits per heavy atom. The van der Waals surface area contributed by atoms with Crippen LogP contribution in [0.5, 0.6) is 5.75 Å². The van der Waals surface area contributed by atoms with E-state index in [0.717, 1.165) is 6.07 Å². The average Bonchev–Trinajstić information content (AvgIpc) is 2.39.